The van der Waals surface area contributed by atoms with E-state index in [1.165, 1.54) is 18.4 Å². The summed E-state index contributed by atoms with van der Waals surface area (Å²) in [7, 11) is 1.38. The van der Waals surface area contributed by atoms with E-state index < -0.39 is 0 Å². The van der Waals surface area contributed by atoms with E-state index in [9.17, 15) is 4.79 Å². The van der Waals surface area contributed by atoms with E-state index in [1.807, 2.05) is 38.1 Å². The molecule has 0 amide bonds. The zero-order chi connectivity index (χ0) is 17.7. The van der Waals surface area contributed by atoms with Gasteiger partial charge in [0.1, 0.15) is 5.00 Å². The number of esters is 1. The lowest BCUT2D eigenvalue weighted by atomic mass is 10.1. The van der Waals surface area contributed by atoms with Gasteiger partial charge in [-0.1, -0.05) is 23.7 Å². The number of aryl methyl sites for hydroxylation is 1. The summed E-state index contributed by atoms with van der Waals surface area (Å²) in [4.78, 5) is 13.0. The summed E-state index contributed by atoms with van der Waals surface area (Å²) in [5, 5.41) is 8.14. The fourth-order valence-electron chi connectivity index (χ4n) is 2.22. The molecule has 0 aliphatic heterocycles. The molecule has 0 aliphatic rings. The molecule has 2 rings (SSSR count). The predicted molar refractivity (Wildman–Crippen MR) is 105 cm³/mol. The van der Waals surface area contributed by atoms with Gasteiger partial charge < -0.3 is 15.4 Å². The van der Waals surface area contributed by atoms with Gasteiger partial charge in [0.05, 0.1) is 12.7 Å². The number of benzene rings is 1. The molecule has 0 unspecified atom stereocenters. The largest absolute Gasteiger partial charge is 0.465 e. The first-order valence-corrected chi connectivity index (χ1v) is 9.00. The molecule has 1 aromatic carbocycles. The Labute approximate surface area is 156 Å². The van der Waals surface area contributed by atoms with Crippen LogP contribution in [0.15, 0.2) is 24.3 Å². The third kappa shape index (κ3) is 4.69. The molecule has 0 aliphatic carbocycles. The van der Waals surface area contributed by atoms with E-state index >= 15 is 0 Å². The topological polar surface area (TPSA) is 50.4 Å². The van der Waals surface area contributed by atoms with Crippen LogP contribution in [0.4, 0.5) is 5.00 Å². The fourth-order valence-corrected chi connectivity index (χ4v) is 3.76. The smallest absolute Gasteiger partial charge is 0.341 e. The number of carbonyl (C=O) groups is 1. The molecule has 0 saturated heterocycles. The van der Waals surface area contributed by atoms with Gasteiger partial charge in [0.2, 0.25) is 0 Å². The normalized spacial score (nSPS) is 10.3. The van der Waals surface area contributed by atoms with Gasteiger partial charge in [0.15, 0.2) is 5.11 Å². The zero-order valence-electron chi connectivity index (χ0n) is 13.7. The second kappa shape index (κ2) is 8.46. The average Bonchev–Trinajstić information content (AvgIpc) is 2.81. The van der Waals surface area contributed by atoms with Gasteiger partial charge in [-0.3, -0.25) is 0 Å². The summed E-state index contributed by atoms with van der Waals surface area (Å²) in [6.45, 7) is 4.54. The summed E-state index contributed by atoms with van der Waals surface area (Å²) in [6.07, 6.45) is 0.800. The Bertz CT molecular complexity index is 759. The maximum atomic E-state index is 11.9. The molecule has 0 atom stereocenters. The number of halogens is 1. The molecule has 0 saturated carbocycles. The van der Waals surface area contributed by atoms with E-state index in [2.05, 4.69) is 10.6 Å². The lowest BCUT2D eigenvalue weighted by molar-refractivity contribution is 0.0601. The summed E-state index contributed by atoms with van der Waals surface area (Å²) in [6, 6.07) is 7.72. The summed E-state index contributed by atoms with van der Waals surface area (Å²) in [5.41, 5.74) is 2.59. The third-order valence-electron chi connectivity index (χ3n) is 3.59. The molecule has 0 fully saturated rings. The molecule has 0 spiro atoms. The van der Waals surface area contributed by atoms with Crippen LogP contribution >= 0.6 is 35.2 Å². The van der Waals surface area contributed by atoms with Crippen LogP contribution in [0.5, 0.6) is 0 Å². The highest BCUT2D eigenvalue weighted by Gasteiger charge is 2.20. The zero-order valence-corrected chi connectivity index (χ0v) is 16.1. The van der Waals surface area contributed by atoms with Gasteiger partial charge in [-0.15, -0.1) is 11.3 Å². The number of carbonyl (C=O) groups excluding carboxylic acids is 1. The first-order valence-electron chi connectivity index (χ1n) is 7.40. The molecular formula is C17H19ClN2O2S2. The van der Waals surface area contributed by atoms with E-state index in [-0.39, 0.29) is 5.97 Å². The van der Waals surface area contributed by atoms with Crippen molar-refractivity contribution in [3.63, 3.8) is 0 Å². The van der Waals surface area contributed by atoms with Crippen molar-refractivity contribution >= 4 is 51.2 Å². The van der Waals surface area contributed by atoms with Crippen LogP contribution in [0.1, 0.15) is 26.4 Å². The van der Waals surface area contributed by atoms with Crippen molar-refractivity contribution in [3.05, 3.63) is 50.9 Å². The molecule has 2 aromatic rings. The summed E-state index contributed by atoms with van der Waals surface area (Å²) < 4.78 is 4.85. The van der Waals surface area contributed by atoms with Crippen molar-refractivity contribution in [1.82, 2.24) is 5.32 Å². The lowest BCUT2D eigenvalue weighted by Crippen LogP contribution is -2.30. The van der Waals surface area contributed by atoms with Crippen molar-refractivity contribution in [2.75, 3.05) is 19.0 Å². The minimum absolute atomic E-state index is 0.360. The van der Waals surface area contributed by atoms with Crippen LogP contribution in [0, 0.1) is 13.8 Å². The standard InChI is InChI=1S/C17H19ClN2O2S2/c1-10-11(2)24-15(14(10)16(21)22-3)20-17(23)19-8-7-12-5-4-6-13(18)9-12/h4-6,9H,7-8H2,1-3H3,(H2,19,20,23). The van der Waals surface area contributed by atoms with Crippen LogP contribution in [0.25, 0.3) is 0 Å². The average molecular weight is 383 g/mol. The van der Waals surface area contributed by atoms with Gasteiger partial charge in [0, 0.05) is 16.4 Å². The minimum atomic E-state index is -0.360. The Morgan fingerprint density at radius 3 is 2.79 bits per heavy atom. The number of rotatable bonds is 5. The number of methoxy groups -OCH3 is 1. The summed E-state index contributed by atoms with van der Waals surface area (Å²) >= 11 is 12.8. The molecule has 128 valence electrons. The molecule has 7 heteroatoms. The van der Waals surface area contributed by atoms with Gasteiger partial charge in [-0.05, 0) is 55.7 Å². The van der Waals surface area contributed by atoms with Gasteiger partial charge in [-0.25, -0.2) is 4.79 Å². The van der Waals surface area contributed by atoms with Crippen LogP contribution in [-0.4, -0.2) is 24.7 Å². The van der Waals surface area contributed by atoms with Crippen LogP contribution in [0.3, 0.4) is 0 Å². The maximum absolute atomic E-state index is 11.9. The summed E-state index contributed by atoms with van der Waals surface area (Å²) in [5.74, 6) is -0.360. The monoisotopic (exact) mass is 382 g/mol. The van der Waals surface area contributed by atoms with Crippen molar-refractivity contribution in [1.29, 1.82) is 0 Å². The van der Waals surface area contributed by atoms with E-state index in [1.54, 1.807) is 0 Å². The SMILES string of the molecule is COC(=O)c1c(NC(=S)NCCc2cccc(Cl)c2)sc(C)c1C. The second-order valence-electron chi connectivity index (χ2n) is 5.24. The van der Waals surface area contributed by atoms with Gasteiger partial charge >= 0.3 is 5.97 Å². The fraction of sp³-hybridized carbons (Fsp3) is 0.294. The molecule has 0 bridgehead atoms. The Hall–Kier alpha value is -1.63. The molecule has 0 radical (unpaired) electrons. The highest BCUT2D eigenvalue weighted by atomic mass is 35.5. The number of hydrogen-bond donors (Lipinski definition) is 2. The van der Waals surface area contributed by atoms with Crippen molar-refractivity contribution in [2.45, 2.75) is 20.3 Å². The molecule has 1 aromatic heterocycles. The first kappa shape index (κ1) is 18.7. The first-order chi connectivity index (χ1) is 11.4. The molecule has 1 heterocycles. The Morgan fingerprint density at radius 1 is 1.38 bits per heavy atom. The number of anilines is 1. The second-order valence-corrected chi connectivity index (χ2v) is 7.31. The Kier molecular flexibility index (Phi) is 6.60. The number of ether oxygens (including phenoxy) is 1. The Balaban J connectivity index is 1.95. The highest BCUT2D eigenvalue weighted by molar-refractivity contribution is 7.80. The molecule has 2 N–H and O–H groups in total. The lowest BCUT2D eigenvalue weighted by Gasteiger charge is -2.11. The molecule has 24 heavy (non-hydrogen) atoms. The highest BCUT2D eigenvalue weighted by Crippen LogP contribution is 2.32. The van der Waals surface area contributed by atoms with Crippen LogP contribution in [0.2, 0.25) is 5.02 Å². The number of nitrogens with one attached hydrogen (secondary N) is 2. The van der Waals surface area contributed by atoms with Crippen molar-refractivity contribution in [3.8, 4) is 0 Å². The maximum Gasteiger partial charge on any atom is 0.341 e. The van der Waals surface area contributed by atoms with E-state index in [0.29, 0.717) is 22.2 Å². The number of thiophene rings is 1. The van der Waals surface area contributed by atoms with Gasteiger partial charge in [-0.2, -0.15) is 0 Å². The van der Waals surface area contributed by atoms with Crippen molar-refractivity contribution < 1.29 is 9.53 Å². The Morgan fingerprint density at radius 2 is 2.12 bits per heavy atom. The van der Waals surface area contributed by atoms with Crippen LogP contribution < -0.4 is 10.6 Å². The quantitative estimate of drug-likeness (QED) is 0.595. The van der Waals surface area contributed by atoms with E-state index in [0.717, 1.165) is 27.4 Å². The number of thiocarbonyl (C=S) groups is 1. The third-order valence-corrected chi connectivity index (χ3v) is 5.19. The molecule has 4 nitrogen and oxygen atoms in total. The van der Waals surface area contributed by atoms with E-state index in [4.69, 9.17) is 28.6 Å². The van der Waals surface area contributed by atoms with Crippen LogP contribution in [-0.2, 0) is 11.2 Å². The number of hydrogen-bond acceptors (Lipinski definition) is 4. The molecular weight excluding hydrogens is 364 g/mol. The predicted octanol–water partition coefficient (Wildman–Crippen LogP) is 4.33. The minimum Gasteiger partial charge on any atom is -0.465 e. The van der Waals surface area contributed by atoms with Gasteiger partial charge in [0.25, 0.3) is 0 Å². The van der Waals surface area contributed by atoms with Crippen molar-refractivity contribution in [2.24, 2.45) is 0 Å².